The van der Waals surface area contributed by atoms with E-state index in [1.54, 1.807) is 0 Å². The molecule has 0 aliphatic rings. The van der Waals surface area contributed by atoms with Gasteiger partial charge in [0.15, 0.2) is 0 Å². The first kappa shape index (κ1) is 10.5. The van der Waals surface area contributed by atoms with E-state index in [4.69, 9.17) is 10.2 Å². The summed E-state index contributed by atoms with van der Waals surface area (Å²) in [6, 6.07) is 0. The Morgan fingerprint density at radius 1 is 1.31 bits per heavy atom. The molecule has 0 aliphatic carbocycles. The van der Waals surface area contributed by atoms with Gasteiger partial charge in [-0.3, -0.25) is 4.98 Å². The van der Waals surface area contributed by atoms with Gasteiger partial charge < -0.3 is 15.3 Å². The Kier molecular flexibility index (Phi) is 3.73. The zero-order valence-electron chi connectivity index (χ0n) is 6.63. The third kappa shape index (κ3) is 2.70. The summed E-state index contributed by atoms with van der Waals surface area (Å²) in [5.74, 6) is 0. The van der Waals surface area contributed by atoms with Crippen molar-refractivity contribution in [2.24, 2.45) is 0 Å². The molecule has 0 bridgehead atoms. The van der Waals surface area contributed by atoms with Crippen LogP contribution in [0.3, 0.4) is 0 Å². The lowest BCUT2D eigenvalue weighted by Gasteiger charge is -2.13. The first-order valence-electron chi connectivity index (χ1n) is 3.59. The Hall–Kier alpha value is -0.560. The van der Waals surface area contributed by atoms with E-state index in [1.807, 2.05) is 0 Å². The van der Waals surface area contributed by atoms with Crippen LogP contribution in [0.4, 0.5) is 0 Å². The predicted molar refractivity (Wildman–Crippen MR) is 47.8 cm³/mol. The standard InChI is InChI=1S/C7H9BrN2O3/c8-6-2-9-4(1-10-6)7(13)5(12)3-11/h1-2,5,7,11-13H,3H2. The minimum atomic E-state index is -1.23. The molecule has 0 saturated heterocycles. The lowest BCUT2D eigenvalue weighted by molar-refractivity contribution is -0.0174. The van der Waals surface area contributed by atoms with Crippen molar-refractivity contribution in [1.82, 2.24) is 9.97 Å². The van der Waals surface area contributed by atoms with Crippen LogP contribution in [0.5, 0.6) is 0 Å². The lowest BCUT2D eigenvalue weighted by atomic mass is 10.1. The van der Waals surface area contributed by atoms with Gasteiger partial charge in [0.1, 0.15) is 16.8 Å². The van der Waals surface area contributed by atoms with Crippen LogP contribution in [-0.2, 0) is 0 Å². The monoisotopic (exact) mass is 248 g/mol. The van der Waals surface area contributed by atoms with Crippen molar-refractivity contribution >= 4 is 15.9 Å². The minimum absolute atomic E-state index is 0.227. The maximum Gasteiger partial charge on any atom is 0.126 e. The molecule has 1 aromatic rings. The van der Waals surface area contributed by atoms with Gasteiger partial charge in [0.2, 0.25) is 0 Å². The number of nitrogens with zero attached hydrogens (tertiary/aromatic N) is 2. The first-order valence-corrected chi connectivity index (χ1v) is 4.39. The average Bonchev–Trinajstić information content (AvgIpc) is 2.17. The quantitative estimate of drug-likeness (QED) is 0.680. The zero-order chi connectivity index (χ0) is 9.84. The van der Waals surface area contributed by atoms with Crippen LogP contribution in [0.2, 0.25) is 0 Å². The molecule has 1 rings (SSSR count). The first-order chi connectivity index (χ1) is 6.15. The van der Waals surface area contributed by atoms with Gasteiger partial charge in [0.25, 0.3) is 0 Å². The normalized spacial score (nSPS) is 15.4. The van der Waals surface area contributed by atoms with E-state index >= 15 is 0 Å². The fraction of sp³-hybridized carbons (Fsp3) is 0.429. The molecular weight excluding hydrogens is 240 g/mol. The summed E-state index contributed by atoms with van der Waals surface area (Å²) in [5, 5.41) is 27.0. The molecule has 72 valence electrons. The molecule has 0 radical (unpaired) electrons. The van der Waals surface area contributed by atoms with Crippen molar-refractivity contribution in [1.29, 1.82) is 0 Å². The van der Waals surface area contributed by atoms with Gasteiger partial charge in [-0.1, -0.05) is 0 Å². The van der Waals surface area contributed by atoms with Crippen molar-refractivity contribution in [3.05, 3.63) is 22.7 Å². The van der Waals surface area contributed by atoms with Gasteiger partial charge in [0.05, 0.1) is 24.7 Å². The SMILES string of the molecule is OCC(O)C(O)c1cnc(Br)cn1. The summed E-state index contributed by atoms with van der Waals surface area (Å²) in [6.07, 6.45) is 0.303. The summed E-state index contributed by atoms with van der Waals surface area (Å²) in [7, 11) is 0. The highest BCUT2D eigenvalue weighted by Gasteiger charge is 2.18. The second kappa shape index (κ2) is 4.61. The van der Waals surface area contributed by atoms with Crippen molar-refractivity contribution in [3.8, 4) is 0 Å². The van der Waals surface area contributed by atoms with E-state index in [2.05, 4.69) is 25.9 Å². The Morgan fingerprint density at radius 2 is 2.00 bits per heavy atom. The van der Waals surface area contributed by atoms with Gasteiger partial charge in [0, 0.05) is 0 Å². The summed E-state index contributed by atoms with van der Waals surface area (Å²) in [5.41, 5.74) is 0.227. The zero-order valence-corrected chi connectivity index (χ0v) is 8.22. The third-order valence-electron chi connectivity index (χ3n) is 1.49. The molecule has 1 aromatic heterocycles. The Bertz CT molecular complexity index is 267. The number of aromatic nitrogens is 2. The molecule has 0 saturated carbocycles. The van der Waals surface area contributed by atoms with Crippen molar-refractivity contribution in [2.75, 3.05) is 6.61 Å². The number of aliphatic hydroxyl groups excluding tert-OH is 3. The van der Waals surface area contributed by atoms with Gasteiger partial charge in [-0.2, -0.15) is 0 Å². The van der Waals surface area contributed by atoms with Crippen molar-refractivity contribution in [3.63, 3.8) is 0 Å². The summed E-state index contributed by atoms with van der Waals surface area (Å²) < 4.78 is 0.543. The van der Waals surface area contributed by atoms with E-state index in [9.17, 15) is 5.11 Å². The molecule has 0 aliphatic heterocycles. The van der Waals surface area contributed by atoms with Crippen LogP contribution in [0.15, 0.2) is 17.0 Å². The molecule has 0 fully saturated rings. The lowest BCUT2D eigenvalue weighted by Crippen LogP contribution is -2.22. The molecule has 5 nitrogen and oxygen atoms in total. The Balaban J connectivity index is 2.77. The predicted octanol–water partition coefficient (Wildman–Crippen LogP) is -0.374. The van der Waals surface area contributed by atoms with E-state index in [-0.39, 0.29) is 5.69 Å². The molecule has 0 aromatic carbocycles. The Morgan fingerprint density at radius 3 is 2.46 bits per heavy atom. The molecule has 2 unspecified atom stereocenters. The second-order valence-corrected chi connectivity index (χ2v) is 3.27. The molecule has 0 spiro atoms. The highest BCUT2D eigenvalue weighted by molar-refractivity contribution is 9.10. The maximum atomic E-state index is 9.35. The number of aliphatic hydroxyl groups is 3. The van der Waals surface area contributed by atoms with Gasteiger partial charge in [-0.05, 0) is 15.9 Å². The van der Waals surface area contributed by atoms with Gasteiger partial charge in [-0.25, -0.2) is 4.98 Å². The number of rotatable bonds is 3. The van der Waals surface area contributed by atoms with Crippen molar-refractivity contribution in [2.45, 2.75) is 12.2 Å². The van der Waals surface area contributed by atoms with Crippen LogP contribution < -0.4 is 0 Å². The highest BCUT2D eigenvalue weighted by Crippen LogP contribution is 2.14. The van der Waals surface area contributed by atoms with Crippen LogP contribution in [0, 0.1) is 0 Å². The van der Waals surface area contributed by atoms with E-state index in [1.165, 1.54) is 12.4 Å². The summed E-state index contributed by atoms with van der Waals surface area (Å²) in [6.45, 7) is -0.515. The minimum Gasteiger partial charge on any atom is -0.394 e. The summed E-state index contributed by atoms with van der Waals surface area (Å²) >= 11 is 3.08. The van der Waals surface area contributed by atoms with Crippen LogP contribution in [-0.4, -0.2) is 38.0 Å². The molecule has 1 heterocycles. The third-order valence-corrected chi connectivity index (χ3v) is 1.90. The molecule has 13 heavy (non-hydrogen) atoms. The van der Waals surface area contributed by atoms with Gasteiger partial charge in [-0.15, -0.1) is 0 Å². The number of hydrogen-bond acceptors (Lipinski definition) is 5. The second-order valence-electron chi connectivity index (χ2n) is 2.46. The molecule has 3 N–H and O–H groups in total. The molecule has 6 heteroatoms. The van der Waals surface area contributed by atoms with Crippen LogP contribution >= 0.6 is 15.9 Å². The Labute approximate surface area is 83.2 Å². The largest absolute Gasteiger partial charge is 0.394 e. The fourth-order valence-electron chi connectivity index (χ4n) is 0.772. The number of halogens is 1. The van der Waals surface area contributed by atoms with E-state index < -0.39 is 18.8 Å². The van der Waals surface area contributed by atoms with Crippen LogP contribution in [0.1, 0.15) is 11.8 Å². The molecule has 0 amide bonds. The van der Waals surface area contributed by atoms with Gasteiger partial charge >= 0.3 is 0 Å². The molecular formula is C7H9BrN2O3. The fourth-order valence-corrected chi connectivity index (χ4v) is 0.977. The topological polar surface area (TPSA) is 86.5 Å². The summed E-state index contributed by atoms with van der Waals surface area (Å²) in [4.78, 5) is 7.64. The maximum absolute atomic E-state index is 9.35. The highest BCUT2D eigenvalue weighted by atomic mass is 79.9. The average molecular weight is 249 g/mol. The van der Waals surface area contributed by atoms with Crippen molar-refractivity contribution < 1.29 is 15.3 Å². The van der Waals surface area contributed by atoms with Crippen LogP contribution in [0.25, 0.3) is 0 Å². The molecule has 2 atom stereocenters. The smallest absolute Gasteiger partial charge is 0.126 e. The number of hydrogen-bond donors (Lipinski definition) is 3. The van der Waals surface area contributed by atoms with E-state index in [0.717, 1.165) is 0 Å². The van der Waals surface area contributed by atoms with E-state index in [0.29, 0.717) is 4.60 Å².